The normalized spacial score (nSPS) is 16.0. The fourth-order valence-electron chi connectivity index (χ4n) is 5.58. The van der Waals surface area contributed by atoms with Crippen LogP contribution in [-0.2, 0) is 17.9 Å². The maximum absolute atomic E-state index is 5.59. The molecule has 1 unspecified atom stereocenters. The van der Waals surface area contributed by atoms with E-state index in [1.54, 1.807) is 14.2 Å². The van der Waals surface area contributed by atoms with Crippen molar-refractivity contribution in [2.24, 2.45) is 0 Å². The first-order valence-corrected chi connectivity index (χ1v) is 13.6. The quantitative estimate of drug-likeness (QED) is 0.238. The van der Waals surface area contributed by atoms with Crippen LogP contribution in [-0.4, -0.2) is 42.0 Å². The molecule has 1 N–H and O–H groups in total. The van der Waals surface area contributed by atoms with Gasteiger partial charge in [-0.25, -0.2) is 0 Å². The lowest BCUT2D eigenvalue weighted by Gasteiger charge is -2.36. The number of hydrogen-bond acceptors (Lipinski definition) is 6. The summed E-state index contributed by atoms with van der Waals surface area (Å²) in [5.74, 6) is 1.59. The van der Waals surface area contributed by atoms with Gasteiger partial charge in [-0.1, -0.05) is 60.7 Å². The first kappa shape index (κ1) is 25.3. The summed E-state index contributed by atoms with van der Waals surface area (Å²) in [6.07, 6.45) is 3.62. The molecule has 1 atom stereocenters. The molecule has 0 spiro atoms. The van der Waals surface area contributed by atoms with E-state index in [0.29, 0.717) is 6.61 Å². The lowest BCUT2D eigenvalue weighted by atomic mass is 10.0. The fraction of sp³-hybridized carbons (Fsp3) is 0.273. The van der Waals surface area contributed by atoms with E-state index in [1.165, 1.54) is 29.2 Å². The molecule has 5 aromatic rings. The van der Waals surface area contributed by atoms with Gasteiger partial charge in [0.05, 0.1) is 19.9 Å². The van der Waals surface area contributed by atoms with Crippen LogP contribution in [0.5, 0.6) is 5.75 Å². The molecule has 1 saturated heterocycles. The number of hydrogen-bond donors (Lipinski definition) is 1. The third-order valence-corrected chi connectivity index (χ3v) is 7.64. The minimum atomic E-state index is 0.174. The Morgan fingerprint density at radius 2 is 1.64 bits per heavy atom. The van der Waals surface area contributed by atoms with Crippen LogP contribution < -0.4 is 10.1 Å². The summed E-state index contributed by atoms with van der Waals surface area (Å²) in [6.45, 7) is 2.53. The number of aromatic nitrogens is 2. The van der Waals surface area contributed by atoms with E-state index in [-0.39, 0.29) is 6.17 Å². The zero-order chi connectivity index (χ0) is 26.6. The van der Waals surface area contributed by atoms with Gasteiger partial charge in [-0.15, -0.1) is 10.2 Å². The number of rotatable bonds is 8. The molecule has 2 heterocycles. The highest BCUT2D eigenvalue weighted by Gasteiger charge is 2.24. The van der Waals surface area contributed by atoms with Crippen LogP contribution in [0.1, 0.15) is 30.4 Å². The van der Waals surface area contributed by atoms with E-state index in [0.717, 1.165) is 58.7 Å². The molecule has 1 fully saturated rings. The minimum Gasteiger partial charge on any atom is -0.497 e. The molecule has 6 rings (SSSR count). The Kier molecular flexibility index (Phi) is 7.39. The molecular weight excluding hydrogens is 484 g/mol. The summed E-state index contributed by atoms with van der Waals surface area (Å²) in [5.41, 5.74) is 4.34. The smallest absolute Gasteiger partial charge is 0.157 e. The van der Waals surface area contributed by atoms with Crippen molar-refractivity contribution in [1.82, 2.24) is 15.1 Å². The van der Waals surface area contributed by atoms with Gasteiger partial charge >= 0.3 is 0 Å². The van der Waals surface area contributed by atoms with Gasteiger partial charge in [0, 0.05) is 36.5 Å². The van der Waals surface area contributed by atoms with Crippen LogP contribution in [0.3, 0.4) is 0 Å². The predicted molar refractivity (Wildman–Crippen MR) is 158 cm³/mol. The molecule has 4 aromatic carbocycles. The van der Waals surface area contributed by atoms with Gasteiger partial charge in [-0.05, 0) is 65.4 Å². The van der Waals surface area contributed by atoms with Crippen LogP contribution in [0.15, 0.2) is 84.9 Å². The van der Waals surface area contributed by atoms with Gasteiger partial charge in [0.1, 0.15) is 11.4 Å². The standard InChI is InChI=1S/C33H34N4O2/c1-38-22-23-10-14-26(15-11-23)32-29-17-16-28(39-2)20-30(29)33(36-35-32)34-31-9-5-6-18-37(31)21-24-12-13-25-7-3-4-8-27(25)19-24/h3-4,7-8,10-17,19-20,31H,5-6,9,18,21-22H2,1-2H3,(H,34,36). The summed E-state index contributed by atoms with van der Waals surface area (Å²) in [5, 5.41) is 17.8. The molecule has 1 aliphatic rings. The van der Waals surface area contributed by atoms with E-state index in [1.807, 2.05) is 6.07 Å². The Hall–Kier alpha value is -4.00. The molecule has 6 heteroatoms. The van der Waals surface area contributed by atoms with Crippen molar-refractivity contribution in [3.63, 3.8) is 0 Å². The van der Waals surface area contributed by atoms with Gasteiger partial charge in [-0.2, -0.15) is 0 Å². The number of nitrogens with one attached hydrogen (secondary N) is 1. The Morgan fingerprint density at radius 3 is 2.46 bits per heavy atom. The van der Waals surface area contributed by atoms with E-state index < -0.39 is 0 Å². The largest absolute Gasteiger partial charge is 0.497 e. The summed E-state index contributed by atoms with van der Waals surface area (Å²) < 4.78 is 10.9. The van der Waals surface area contributed by atoms with Crippen molar-refractivity contribution < 1.29 is 9.47 Å². The van der Waals surface area contributed by atoms with Crippen molar-refractivity contribution in [2.45, 2.75) is 38.6 Å². The number of methoxy groups -OCH3 is 2. The van der Waals surface area contributed by atoms with E-state index >= 15 is 0 Å². The number of anilines is 1. The molecular formula is C33H34N4O2. The van der Waals surface area contributed by atoms with Gasteiger partial charge < -0.3 is 14.8 Å². The number of ether oxygens (including phenoxy) is 2. The molecule has 6 nitrogen and oxygen atoms in total. The van der Waals surface area contributed by atoms with Crippen molar-refractivity contribution >= 4 is 27.4 Å². The molecule has 0 bridgehead atoms. The van der Waals surface area contributed by atoms with E-state index in [4.69, 9.17) is 19.7 Å². The Bertz CT molecular complexity index is 1580. The third-order valence-electron chi connectivity index (χ3n) is 7.64. The monoisotopic (exact) mass is 518 g/mol. The number of fused-ring (bicyclic) bond motifs is 2. The van der Waals surface area contributed by atoms with Crippen LogP contribution in [0.25, 0.3) is 32.8 Å². The molecule has 0 amide bonds. The van der Waals surface area contributed by atoms with Crippen LogP contribution >= 0.6 is 0 Å². The second-order valence-corrected chi connectivity index (χ2v) is 10.2. The molecule has 39 heavy (non-hydrogen) atoms. The Morgan fingerprint density at radius 1 is 0.821 bits per heavy atom. The molecule has 0 aliphatic carbocycles. The maximum atomic E-state index is 5.59. The summed E-state index contributed by atoms with van der Waals surface area (Å²) in [6, 6.07) is 29.8. The highest BCUT2D eigenvalue weighted by Crippen LogP contribution is 2.34. The SMILES string of the molecule is COCc1ccc(-c2nnc(NC3CCCCN3Cc3ccc4ccccc4c3)c3cc(OC)ccc23)cc1. The van der Waals surface area contributed by atoms with Crippen LogP contribution in [0, 0.1) is 0 Å². The lowest BCUT2D eigenvalue weighted by molar-refractivity contribution is 0.158. The van der Waals surface area contributed by atoms with Crippen LogP contribution in [0.2, 0.25) is 0 Å². The van der Waals surface area contributed by atoms with Gasteiger partial charge in [0.15, 0.2) is 5.82 Å². The number of nitrogens with zero attached hydrogens (tertiary/aromatic N) is 3. The second-order valence-electron chi connectivity index (χ2n) is 10.2. The number of benzene rings is 4. The van der Waals surface area contributed by atoms with Gasteiger partial charge in [0.2, 0.25) is 0 Å². The molecule has 1 aliphatic heterocycles. The summed E-state index contributed by atoms with van der Waals surface area (Å²) in [4.78, 5) is 2.53. The first-order chi connectivity index (χ1) is 19.2. The van der Waals surface area contributed by atoms with Crippen molar-refractivity contribution in [3.05, 3.63) is 96.1 Å². The van der Waals surface area contributed by atoms with Crippen LogP contribution in [0.4, 0.5) is 5.82 Å². The Labute approximate surface area is 229 Å². The van der Waals surface area contributed by atoms with E-state index in [9.17, 15) is 0 Å². The second kappa shape index (κ2) is 11.4. The number of piperidine rings is 1. The van der Waals surface area contributed by atoms with Crippen molar-refractivity contribution in [2.75, 3.05) is 26.1 Å². The lowest BCUT2D eigenvalue weighted by Crippen LogP contribution is -2.44. The molecule has 1 aromatic heterocycles. The third kappa shape index (κ3) is 5.44. The topological polar surface area (TPSA) is 59.5 Å². The highest BCUT2D eigenvalue weighted by molar-refractivity contribution is 6.00. The average Bonchev–Trinajstić information content (AvgIpc) is 2.98. The van der Waals surface area contributed by atoms with E-state index in [2.05, 4.69) is 89.1 Å². The van der Waals surface area contributed by atoms with Crippen molar-refractivity contribution in [3.8, 4) is 17.0 Å². The zero-order valence-corrected chi connectivity index (χ0v) is 22.6. The summed E-state index contributed by atoms with van der Waals surface area (Å²) in [7, 11) is 3.41. The summed E-state index contributed by atoms with van der Waals surface area (Å²) >= 11 is 0. The van der Waals surface area contributed by atoms with Gasteiger partial charge in [-0.3, -0.25) is 4.90 Å². The Balaban J connectivity index is 1.31. The van der Waals surface area contributed by atoms with Gasteiger partial charge in [0.25, 0.3) is 0 Å². The number of likely N-dealkylation sites (tertiary alicyclic amines) is 1. The minimum absolute atomic E-state index is 0.174. The predicted octanol–water partition coefficient (Wildman–Crippen LogP) is 7.03. The zero-order valence-electron chi connectivity index (χ0n) is 22.6. The molecule has 198 valence electrons. The maximum Gasteiger partial charge on any atom is 0.157 e. The fourth-order valence-corrected chi connectivity index (χ4v) is 5.58. The first-order valence-electron chi connectivity index (χ1n) is 13.6. The molecule has 0 saturated carbocycles. The van der Waals surface area contributed by atoms with Crippen molar-refractivity contribution in [1.29, 1.82) is 0 Å². The molecule has 0 radical (unpaired) electrons. The average molecular weight is 519 g/mol. The highest BCUT2D eigenvalue weighted by atomic mass is 16.5.